The van der Waals surface area contributed by atoms with Gasteiger partial charge in [0.25, 0.3) is 0 Å². The second kappa shape index (κ2) is 10.9. The minimum atomic E-state index is -0.146. The quantitative estimate of drug-likeness (QED) is 0.244. The van der Waals surface area contributed by atoms with Gasteiger partial charge in [0.2, 0.25) is 0 Å². The molecule has 3 aliphatic rings. The molecule has 3 rings (SSSR count). The Morgan fingerprint density at radius 1 is 1.00 bits per heavy atom. The smallest absolute Gasteiger partial charge is 0.307 e. The van der Waals surface area contributed by atoms with Crippen LogP contribution in [0.4, 0.5) is 0 Å². The molecule has 0 amide bonds. The zero-order valence-electron chi connectivity index (χ0n) is 18.5. The van der Waals surface area contributed by atoms with Crippen LogP contribution in [0.3, 0.4) is 0 Å². The van der Waals surface area contributed by atoms with E-state index in [2.05, 4.69) is 32.6 Å². The van der Waals surface area contributed by atoms with E-state index in [4.69, 9.17) is 9.47 Å². The SMILES string of the molecule is CC1N(CCC(=O)OCC(COC(=O)CCC(C)(C)C)C2CSSC2)C12CSSC2. The molecule has 3 aliphatic heterocycles. The molecule has 0 aromatic heterocycles. The molecule has 3 fully saturated rings. The maximum Gasteiger partial charge on any atom is 0.307 e. The zero-order chi connectivity index (χ0) is 21.8. The molecule has 0 aliphatic carbocycles. The minimum Gasteiger partial charge on any atom is -0.465 e. The average Bonchev–Trinajstić information content (AvgIpc) is 3.18. The van der Waals surface area contributed by atoms with E-state index in [-0.39, 0.29) is 23.3 Å². The first kappa shape index (κ1) is 24.9. The monoisotopic (exact) mass is 493 g/mol. The number of hydrogen-bond donors (Lipinski definition) is 0. The van der Waals surface area contributed by atoms with Gasteiger partial charge in [-0.1, -0.05) is 63.9 Å². The van der Waals surface area contributed by atoms with Crippen molar-refractivity contribution >= 4 is 55.1 Å². The Kier molecular flexibility index (Phi) is 9.10. The molecule has 3 heterocycles. The third-order valence-corrected chi connectivity index (χ3v) is 11.5. The molecule has 3 unspecified atom stereocenters. The van der Waals surface area contributed by atoms with E-state index in [9.17, 15) is 9.59 Å². The lowest BCUT2D eigenvalue weighted by molar-refractivity contribution is -0.150. The van der Waals surface area contributed by atoms with Crippen LogP contribution in [0.5, 0.6) is 0 Å². The predicted molar refractivity (Wildman–Crippen MR) is 131 cm³/mol. The lowest BCUT2D eigenvalue weighted by Crippen LogP contribution is -2.29. The van der Waals surface area contributed by atoms with Gasteiger partial charge in [-0.15, -0.1) is 0 Å². The third kappa shape index (κ3) is 6.90. The number of nitrogens with zero attached hydrogens (tertiary/aromatic N) is 1. The summed E-state index contributed by atoms with van der Waals surface area (Å²) in [6, 6.07) is 0.570. The predicted octanol–water partition coefficient (Wildman–Crippen LogP) is 4.75. The van der Waals surface area contributed by atoms with Crippen molar-refractivity contribution < 1.29 is 19.1 Å². The molecular formula is C21H35NO4S4. The van der Waals surface area contributed by atoms with Crippen LogP contribution in [0, 0.1) is 17.3 Å². The fraction of sp³-hybridized carbons (Fsp3) is 0.905. The summed E-state index contributed by atoms with van der Waals surface area (Å²) in [6.07, 6.45) is 1.69. The van der Waals surface area contributed by atoms with Crippen LogP contribution < -0.4 is 0 Å². The van der Waals surface area contributed by atoms with Gasteiger partial charge in [0.1, 0.15) is 0 Å². The second-order valence-electron chi connectivity index (χ2n) is 9.76. The summed E-state index contributed by atoms with van der Waals surface area (Å²) in [5, 5.41) is 0. The van der Waals surface area contributed by atoms with Gasteiger partial charge >= 0.3 is 11.9 Å². The summed E-state index contributed by atoms with van der Waals surface area (Å²) >= 11 is 0. The zero-order valence-corrected chi connectivity index (χ0v) is 21.8. The van der Waals surface area contributed by atoms with E-state index in [1.165, 1.54) is 0 Å². The number of carbonyl (C=O) groups is 2. The number of ether oxygens (including phenoxy) is 2. The number of hydrogen-bond acceptors (Lipinski definition) is 9. The van der Waals surface area contributed by atoms with Crippen LogP contribution >= 0.6 is 43.2 Å². The maximum absolute atomic E-state index is 12.4. The number of esters is 2. The summed E-state index contributed by atoms with van der Waals surface area (Å²) in [7, 11) is 7.58. The molecule has 1 spiro atoms. The first-order chi connectivity index (χ1) is 14.2. The molecule has 0 bridgehead atoms. The molecule has 0 aromatic rings. The van der Waals surface area contributed by atoms with Gasteiger partial charge in [-0.05, 0) is 24.7 Å². The first-order valence-corrected chi connectivity index (χ1v) is 15.8. The van der Waals surface area contributed by atoms with Gasteiger partial charge in [-0.25, -0.2) is 0 Å². The summed E-state index contributed by atoms with van der Waals surface area (Å²) < 4.78 is 11.2. The Balaban J connectivity index is 1.39. The largest absolute Gasteiger partial charge is 0.465 e. The van der Waals surface area contributed by atoms with Crippen LogP contribution in [-0.4, -0.2) is 71.2 Å². The lowest BCUT2D eigenvalue weighted by Gasteiger charge is -2.23. The molecular weight excluding hydrogens is 459 g/mol. The highest BCUT2D eigenvalue weighted by atomic mass is 33.1. The Hall–Kier alpha value is 0.300. The Morgan fingerprint density at radius 2 is 1.57 bits per heavy atom. The van der Waals surface area contributed by atoms with Gasteiger partial charge < -0.3 is 9.47 Å². The molecule has 30 heavy (non-hydrogen) atoms. The van der Waals surface area contributed by atoms with Gasteiger partial charge in [0.15, 0.2) is 0 Å². The van der Waals surface area contributed by atoms with Crippen molar-refractivity contribution in [1.82, 2.24) is 4.90 Å². The van der Waals surface area contributed by atoms with Gasteiger partial charge in [0, 0.05) is 47.9 Å². The van der Waals surface area contributed by atoms with Crippen molar-refractivity contribution in [3.05, 3.63) is 0 Å². The molecule has 0 saturated carbocycles. The topological polar surface area (TPSA) is 55.6 Å². The highest BCUT2D eigenvalue weighted by Crippen LogP contribution is 2.53. The van der Waals surface area contributed by atoms with Crippen LogP contribution in [0.25, 0.3) is 0 Å². The van der Waals surface area contributed by atoms with Crippen molar-refractivity contribution in [3.8, 4) is 0 Å². The second-order valence-corrected chi connectivity index (χ2v) is 14.8. The molecule has 0 radical (unpaired) electrons. The minimum absolute atomic E-state index is 0.0872. The summed E-state index contributed by atoms with van der Waals surface area (Å²) in [5.41, 5.74) is 0.438. The molecule has 3 atom stereocenters. The standard InChI is InChI=1S/C21H35NO4S4/c1-15-21(13-29-30-14-21)22(15)8-6-19(24)26-10-16(17-11-27-28-12-17)9-25-18(23)5-7-20(2,3)4/h15-17H,5-14H2,1-4H3. The molecule has 0 N–H and O–H groups in total. The maximum atomic E-state index is 12.4. The molecule has 0 aromatic carbocycles. The van der Waals surface area contributed by atoms with Crippen LogP contribution in [0.2, 0.25) is 0 Å². The fourth-order valence-corrected chi connectivity index (χ4v) is 10.5. The summed E-state index contributed by atoms with van der Waals surface area (Å²) in [4.78, 5) is 27.0. The van der Waals surface area contributed by atoms with Crippen LogP contribution in [-0.2, 0) is 19.1 Å². The van der Waals surface area contributed by atoms with Crippen LogP contribution in [0.15, 0.2) is 0 Å². The third-order valence-electron chi connectivity index (χ3n) is 6.32. The van der Waals surface area contributed by atoms with Gasteiger partial charge in [0.05, 0.1) is 25.2 Å². The van der Waals surface area contributed by atoms with E-state index in [0.717, 1.165) is 36.0 Å². The Labute approximate surface area is 197 Å². The van der Waals surface area contributed by atoms with E-state index < -0.39 is 0 Å². The van der Waals surface area contributed by atoms with Crippen molar-refractivity contribution in [3.63, 3.8) is 0 Å². The van der Waals surface area contributed by atoms with Gasteiger partial charge in [-0.3, -0.25) is 14.5 Å². The van der Waals surface area contributed by atoms with E-state index in [1.807, 2.05) is 43.2 Å². The molecule has 5 nitrogen and oxygen atoms in total. The average molecular weight is 494 g/mol. The van der Waals surface area contributed by atoms with E-state index in [0.29, 0.717) is 43.6 Å². The fourth-order valence-electron chi connectivity index (χ4n) is 3.91. The lowest BCUT2D eigenvalue weighted by atomic mass is 9.91. The normalized spacial score (nSPS) is 26.7. The van der Waals surface area contributed by atoms with Crippen LogP contribution in [0.1, 0.15) is 47.0 Å². The molecule has 9 heteroatoms. The van der Waals surface area contributed by atoms with Crippen molar-refractivity contribution in [2.24, 2.45) is 17.3 Å². The van der Waals surface area contributed by atoms with Crippen molar-refractivity contribution in [1.29, 1.82) is 0 Å². The summed E-state index contributed by atoms with van der Waals surface area (Å²) in [6.45, 7) is 10.1. The summed E-state index contributed by atoms with van der Waals surface area (Å²) in [5.74, 6) is 4.60. The Morgan fingerprint density at radius 3 is 2.13 bits per heavy atom. The Bertz CT molecular complexity index is 600. The first-order valence-electron chi connectivity index (χ1n) is 10.8. The number of rotatable bonds is 10. The van der Waals surface area contributed by atoms with E-state index in [1.54, 1.807) is 0 Å². The van der Waals surface area contributed by atoms with E-state index >= 15 is 0 Å². The highest BCUT2D eigenvalue weighted by Gasteiger charge is 2.61. The van der Waals surface area contributed by atoms with Crippen molar-refractivity contribution in [2.45, 2.75) is 58.5 Å². The highest BCUT2D eigenvalue weighted by molar-refractivity contribution is 8.77. The molecule has 3 saturated heterocycles. The number of carbonyl (C=O) groups excluding carboxylic acids is 2. The molecule has 172 valence electrons. The van der Waals surface area contributed by atoms with Gasteiger partial charge in [-0.2, -0.15) is 0 Å². The van der Waals surface area contributed by atoms with Crippen molar-refractivity contribution in [2.75, 3.05) is 42.8 Å².